The minimum absolute atomic E-state index is 0.212. The quantitative estimate of drug-likeness (QED) is 0.654. The van der Waals surface area contributed by atoms with Crippen molar-refractivity contribution in [3.63, 3.8) is 0 Å². The van der Waals surface area contributed by atoms with Gasteiger partial charge in [-0.25, -0.2) is 4.79 Å². The standard InChI is InChI=1S/C21H23N3O3/c1-13-11-17(14(2)24(13)16-9-10-16)18(25)12-23-19(26)21(3,22-20(23)27)15-7-5-4-6-8-15/h4-8,11,16H,9-10,12H2,1-3H3,(H,22,27)/t21-/m0/s1. The number of imide groups is 1. The fraction of sp³-hybridized carbons (Fsp3) is 0.381. The predicted molar refractivity (Wildman–Crippen MR) is 101 cm³/mol. The molecule has 2 fully saturated rings. The number of ketones is 1. The first-order chi connectivity index (χ1) is 12.8. The summed E-state index contributed by atoms with van der Waals surface area (Å²) in [5, 5.41) is 2.74. The Morgan fingerprint density at radius 3 is 2.48 bits per heavy atom. The third-order valence-electron chi connectivity index (χ3n) is 5.62. The Kier molecular flexibility index (Phi) is 3.94. The number of aromatic nitrogens is 1. The van der Waals surface area contributed by atoms with Gasteiger partial charge in [-0.3, -0.25) is 14.5 Å². The van der Waals surface area contributed by atoms with Gasteiger partial charge in [0.25, 0.3) is 5.91 Å². The molecular weight excluding hydrogens is 342 g/mol. The lowest BCUT2D eigenvalue weighted by Crippen LogP contribution is -2.41. The molecule has 1 N–H and O–H groups in total. The highest BCUT2D eigenvalue weighted by Gasteiger charge is 2.49. The molecule has 1 saturated carbocycles. The minimum Gasteiger partial charge on any atom is -0.345 e. The van der Waals surface area contributed by atoms with E-state index < -0.39 is 17.5 Å². The molecule has 3 amide bonds. The van der Waals surface area contributed by atoms with Crippen molar-refractivity contribution in [3.8, 4) is 0 Å². The molecule has 4 rings (SSSR count). The van der Waals surface area contributed by atoms with Crippen molar-refractivity contribution in [2.75, 3.05) is 6.54 Å². The molecule has 140 valence electrons. The van der Waals surface area contributed by atoms with Crippen LogP contribution in [0, 0.1) is 13.8 Å². The van der Waals surface area contributed by atoms with E-state index in [1.807, 2.05) is 38.1 Å². The van der Waals surface area contributed by atoms with Crippen LogP contribution in [0.2, 0.25) is 0 Å². The summed E-state index contributed by atoms with van der Waals surface area (Å²) in [6.45, 7) is 5.34. The number of carbonyl (C=O) groups excluding carboxylic acids is 3. The van der Waals surface area contributed by atoms with Gasteiger partial charge in [-0.05, 0) is 45.2 Å². The molecule has 2 heterocycles. The highest BCUT2D eigenvalue weighted by atomic mass is 16.2. The van der Waals surface area contributed by atoms with Crippen LogP contribution in [0.15, 0.2) is 36.4 Å². The summed E-state index contributed by atoms with van der Waals surface area (Å²) in [6, 6.07) is 10.9. The fourth-order valence-corrected chi connectivity index (χ4v) is 3.99. The summed E-state index contributed by atoms with van der Waals surface area (Å²) in [7, 11) is 0. The summed E-state index contributed by atoms with van der Waals surface area (Å²) in [6.07, 6.45) is 2.26. The number of urea groups is 1. The van der Waals surface area contributed by atoms with Gasteiger partial charge in [0.2, 0.25) is 0 Å². The van der Waals surface area contributed by atoms with Gasteiger partial charge in [-0.15, -0.1) is 0 Å². The Bertz CT molecular complexity index is 943. The van der Waals surface area contributed by atoms with Crippen LogP contribution >= 0.6 is 0 Å². The first-order valence-corrected chi connectivity index (χ1v) is 9.24. The smallest absolute Gasteiger partial charge is 0.325 e. The zero-order valence-corrected chi connectivity index (χ0v) is 15.8. The molecule has 1 aromatic carbocycles. The van der Waals surface area contributed by atoms with E-state index in [0.29, 0.717) is 17.2 Å². The van der Waals surface area contributed by atoms with Crippen LogP contribution in [0.25, 0.3) is 0 Å². The van der Waals surface area contributed by atoms with Gasteiger partial charge < -0.3 is 9.88 Å². The largest absolute Gasteiger partial charge is 0.345 e. The first kappa shape index (κ1) is 17.5. The number of aryl methyl sites for hydroxylation is 1. The highest BCUT2D eigenvalue weighted by molar-refractivity contribution is 6.11. The van der Waals surface area contributed by atoms with E-state index in [1.165, 1.54) is 0 Å². The lowest BCUT2D eigenvalue weighted by molar-refractivity contribution is -0.130. The molecule has 0 spiro atoms. The van der Waals surface area contributed by atoms with Crippen molar-refractivity contribution < 1.29 is 14.4 Å². The molecule has 1 aromatic heterocycles. The van der Waals surface area contributed by atoms with Gasteiger partial charge in [0, 0.05) is 23.0 Å². The Morgan fingerprint density at radius 2 is 1.85 bits per heavy atom. The Hall–Kier alpha value is -2.89. The maximum atomic E-state index is 13.0. The van der Waals surface area contributed by atoms with E-state index in [4.69, 9.17) is 0 Å². The summed E-state index contributed by atoms with van der Waals surface area (Å²) in [5.74, 6) is -0.612. The van der Waals surface area contributed by atoms with Gasteiger partial charge >= 0.3 is 6.03 Å². The monoisotopic (exact) mass is 365 g/mol. The van der Waals surface area contributed by atoms with Gasteiger partial charge in [0.15, 0.2) is 5.78 Å². The van der Waals surface area contributed by atoms with Crippen molar-refractivity contribution in [1.82, 2.24) is 14.8 Å². The maximum absolute atomic E-state index is 13.0. The Labute approximate surface area is 158 Å². The van der Waals surface area contributed by atoms with E-state index in [2.05, 4.69) is 9.88 Å². The Morgan fingerprint density at radius 1 is 1.19 bits per heavy atom. The van der Waals surface area contributed by atoms with Gasteiger partial charge in [0.05, 0.1) is 6.54 Å². The molecule has 0 unspecified atom stereocenters. The van der Waals surface area contributed by atoms with E-state index in [1.54, 1.807) is 19.1 Å². The molecule has 2 aliphatic rings. The molecule has 6 nitrogen and oxygen atoms in total. The van der Waals surface area contributed by atoms with Crippen molar-refractivity contribution in [1.29, 1.82) is 0 Å². The van der Waals surface area contributed by atoms with Gasteiger partial charge in [0.1, 0.15) is 5.54 Å². The number of amides is 3. The molecule has 0 bridgehead atoms. The third kappa shape index (κ3) is 2.76. The minimum atomic E-state index is -1.15. The third-order valence-corrected chi connectivity index (χ3v) is 5.62. The number of hydrogen-bond donors (Lipinski definition) is 1. The van der Waals surface area contributed by atoms with Crippen LogP contribution in [0.3, 0.4) is 0 Å². The van der Waals surface area contributed by atoms with Crippen molar-refractivity contribution in [3.05, 3.63) is 58.9 Å². The zero-order chi connectivity index (χ0) is 19.3. The van der Waals surface area contributed by atoms with Crippen LogP contribution in [-0.4, -0.2) is 33.7 Å². The SMILES string of the molecule is Cc1cc(C(=O)CN2C(=O)N[C@@](C)(c3ccccc3)C2=O)c(C)n1C1CC1. The lowest BCUT2D eigenvalue weighted by Gasteiger charge is -2.22. The van der Waals surface area contributed by atoms with Crippen LogP contribution < -0.4 is 5.32 Å². The zero-order valence-electron chi connectivity index (χ0n) is 15.8. The Balaban J connectivity index is 1.58. The number of Topliss-reactive ketones (excluding diaryl/α,β-unsaturated/α-hetero) is 1. The number of benzene rings is 1. The normalized spacial score (nSPS) is 22.3. The number of rotatable bonds is 5. The van der Waals surface area contributed by atoms with Gasteiger partial charge in [-0.2, -0.15) is 0 Å². The van der Waals surface area contributed by atoms with Crippen LogP contribution in [0.4, 0.5) is 4.79 Å². The molecule has 1 aliphatic carbocycles. The second-order valence-corrected chi connectivity index (χ2v) is 7.62. The van der Waals surface area contributed by atoms with Crippen LogP contribution in [0.1, 0.15) is 53.1 Å². The van der Waals surface area contributed by atoms with E-state index in [9.17, 15) is 14.4 Å². The summed E-state index contributed by atoms with van der Waals surface area (Å²) in [5.41, 5.74) is 2.10. The topological polar surface area (TPSA) is 71.4 Å². The summed E-state index contributed by atoms with van der Waals surface area (Å²) >= 11 is 0. The maximum Gasteiger partial charge on any atom is 0.325 e. The molecule has 1 aliphatic heterocycles. The van der Waals surface area contributed by atoms with Crippen molar-refractivity contribution in [2.24, 2.45) is 0 Å². The highest BCUT2D eigenvalue weighted by Crippen LogP contribution is 2.38. The van der Waals surface area contributed by atoms with E-state index in [-0.39, 0.29) is 12.3 Å². The molecule has 27 heavy (non-hydrogen) atoms. The van der Waals surface area contributed by atoms with Crippen molar-refractivity contribution in [2.45, 2.75) is 45.2 Å². The molecule has 1 atom stereocenters. The van der Waals surface area contributed by atoms with E-state index in [0.717, 1.165) is 29.1 Å². The predicted octanol–water partition coefficient (Wildman–Crippen LogP) is 3.09. The lowest BCUT2D eigenvalue weighted by atomic mass is 9.92. The van der Waals surface area contributed by atoms with Crippen LogP contribution in [0.5, 0.6) is 0 Å². The second-order valence-electron chi connectivity index (χ2n) is 7.62. The average molecular weight is 365 g/mol. The number of hydrogen-bond acceptors (Lipinski definition) is 3. The number of nitrogens with one attached hydrogen (secondary N) is 1. The molecule has 2 aromatic rings. The summed E-state index contributed by atoms with van der Waals surface area (Å²) < 4.78 is 2.19. The first-order valence-electron chi connectivity index (χ1n) is 9.24. The average Bonchev–Trinajstić information content (AvgIpc) is 3.40. The van der Waals surface area contributed by atoms with E-state index >= 15 is 0 Å². The van der Waals surface area contributed by atoms with Gasteiger partial charge in [-0.1, -0.05) is 30.3 Å². The summed E-state index contributed by atoms with van der Waals surface area (Å²) in [4.78, 5) is 39.3. The number of nitrogens with zero attached hydrogens (tertiary/aromatic N) is 2. The van der Waals surface area contributed by atoms with Crippen molar-refractivity contribution >= 4 is 17.7 Å². The second kappa shape index (κ2) is 6.08. The number of carbonyl (C=O) groups is 3. The molecule has 1 saturated heterocycles. The molecule has 6 heteroatoms. The van der Waals surface area contributed by atoms with Crippen LogP contribution in [-0.2, 0) is 10.3 Å². The molecular formula is C21H23N3O3. The molecule has 0 radical (unpaired) electrons. The fourth-order valence-electron chi connectivity index (χ4n) is 3.99.